The lowest BCUT2D eigenvalue weighted by Crippen LogP contribution is -2.49. The minimum atomic E-state index is -0.208. The van der Waals surface area contributed by atoms with Crippen molar-refractivity contribution in [1.82, 2.24) is 5.32 Å². The molecule has 0 radical (unpaired) electrons. The SMILES string of the molecule is CC(C)NC(C)(CO)CCOCC1CCCCC1. The summed E-state index contributed by atoms with van der Waals surface area (Å²) in [5.41, 5.74) is -0.208. The van der Waals surface area contributed by atoms with E-state index in [9.17, 15) is 5.11 Å². The number of aliphatic hydroxyl groups excluding tert-OH is 1. The minimum Gasteiger partial charge on any atom is -0.394 e. The molecule has 1 rings (SSSR count). The number of hydrogen-bond donors (Lipinski definition) is 2. The van der Waals surface area contributed by atoms with Gasteiger partial charge in [-0.15, -0.1) is 0 Å². The molecule has 0 aromatic rings. The molecule has 0 bridgehead atoms. The van der Waals surface area contributed by atoms with Gasteiger partial charge in [0.2, 0.25) is 0 Å². The third-order valence-corrected chi connectivity index (χ3v) is 3.86. The number of hydrogen-bond acceptors (Lipinski definition) is 3. The zero-order chi connectivity index (χ0) is 13.4. The standard InChI is InChI=1S/C15H31NO2/c1-13(2)16-15(3,12-17)9-10-18-11-14-7-5-4-6-8-14/h13-14,16-17H,4-12H2,1-3H3. The van der Waals surface area contributed by atoms with E-state index in [1.807, 2.05) is 0 Å². The van der Waals surface area contributed by atoms with Gasteiger partial charge in [0.25, 0.3) is 0 Å². The van der Waals surface area contributed by atoms with Crippen LogP contribution in [-0.4, -0.2) is 36.5 Å². The van der Waals surface area contributed by atoms with Crippen LogP contribution in [0, 0.1) is 5.92 Å². The van der Waals surface area contributed by atoms with Gasteiger partial charge >= 0.3 is 0 Å². The normalized spacial score (nSPS) is 21.2. The molecule has 0 aliphatic heterocycles. The van der Waals surface area contributed by atoms with Crippen LogP contribution < -0.4 is 5.32 Å². The third kappa shape index (κ3) is 6.17. The highest BCUT2D eigenvalue weighted by Gasteiger charge is 2.23. The van der Waals surface area contributed by atoms with Crippen molar-refractivity contribution in [3.63, 3.8) is 0 Å². The van der Waals surface area contributed by atoms with Crippen LogP contribution >= 0.6 is 0 Å². The van der Waals surface area contributed by atoms with Crippen molar-refractivity contribution >= 4 is 0 Å². The Bertz CT molecular complexity index is 215. The van der Waals surface area contributed by atoms with Crippen LogP contribution in [0.15, 0.2) is 0 Å². The fraction of sp³-hybridized carbons (Fsp3) is 1.00. The van der Waals surface area contributed by atoms with E-state index in [0.29, 0.717) is 6.04 Å². The first-order chi connectivity index (χ1) is 8.56. The average molecular weight is 257 g/mol. The Morgan fingerprint density at radius 3 is 2.50 bits per heavy atom. The summed E-state index contributed by atoms with van der Waals surface area (Å²) in [6, 6.07) is 0.389. The van der Waals surface area contributed by atoms with Crippen LogP contribution in [0.3, 0.4) is 0 Å². The lowest BCUT2D eigenvalue weighted by Gasteiger charge is -2.31. The number of nitrogens with one attached hydrogen (secondary N) is 1. The van der Waals surface area contributed by atoms with Crippen molar-refractivity contribution in [1.29, 1.82) is 0 Å². The van der Waals surface area contributed by atoms with E-state index in [2.05, 4.69) is 26.1 Å². The van der Waals surface area contributed by atoms with Crippen molar-refractivity contribution in [2.24, 2.45) is 5.92 Å². The molecule has 1 aliphatic rings. The van der Waals surface area contributed by atoms with Gasteiger partial charge in [-0.25, -0.2) is 0 Å². The summed E-state index contributed by atoms with van der Waals surface area (Å²) in [5.74, 6) is 0.775. The van der Waals surface area contributed by atoms with Crippen LogP contribution in [0.2, 0.25) is 0 Å². The predicted molar refractivity (Wildman–Crippen MR) is 75.8 cm³/mol. The lowest BCUT2D eigenvalue weighted by molar-refractivity contribution is 0.0559. The van der Waals surface area contributed by atoms with Crippen molar-refractivity contribution < 1.29 is 9.84 Å². The first-order valence-corrected chi connectivity index (χ1v) is 7.52. The molecule has 0 amide bonds. The fourth-order valence-corrected chi connectivity index (χ4v) is 2.80. The quantitative estimate of drug-likeness (QED) is 0.657. The molecule has 2 N–H and O–H groups in total. The second-order valence-corrected chi connectivity index (χ2v) is 6.35. The van der Waals surface area contributed by atoms with Crippen LogP contribution in [0.1, 0.15) is 59.3 Å². The summed E-state index contributed by atoms with van der Waals surface area (Å²) in [5, 5.41) is 12.9. The van der Waals surface area contributed by atoms with Gasteiger partial charge in [-0.3, -0.25) is 0 Å². The summed E-state index contributed by atoms with van der Waals surface area (Å²) < 4.78 is 5.80. The molecule has 1 saturated carbocycles. The molecule has 108 valence electrons. The van der Waals surface area contributed by atoms with E-state index < -0.39 is 0 Å². The van der Waals surface area contributed by atoms with E-state index in [1.165, 1.54) is 32.1 Å². The number of rotatable bonds is 8. The van der Waals surface area contributed by atoms with E-state index in [0.717, 1.165) is 25.6 Å². The highest BCUT2D eigenvalue weighted by atomic mass is 16.5. The number of aliphatic hydroxyl groups is 1. The summed E-state index contributed by atoms with van der Waals surface area (Å²) in [4.78, 5) is 0. The first kappa shape index (κ1) is 15.9. The summed E-state index contributed by atoms with van der Waals surface area (Å²) in [7, 11) is 0. The Balaban J connectivity index is 2.14. The van der Waals surface area contributed by atoms with Crippen LogP contribution in [-0.2, 0) is 4.74 Å². The van der Waals surface area contributed by atoms with Crippen molar-refractivity contribution in [3.8, 4) is 0 Å². The molecule has 0 aromatic heterocycles. The van der Waals surface area contributed by atoms with Gasteiger partial charge in [0.15, 0.2) is 0 Å². The molecule has 0 spiro atoms. The Morgan fingerprint density at radius 2 is 1.94 bits per heavy atom. The molecule has 0 aromatic carbocycles. The molecule has 1 atom stereocenters. The van der Waals surface area contributed by atoms with Gasteiger partial charge in [0.1, 0.15) is 0 Å². The van der Waals surface area contributed by atoms with E-state index >= 15 is 0 Å². The van der Waals surface area contributed by atoms with Crippen LogP contribution in [0.5, 0.6) is 0 Å². The second-order valence-electron chi connectivity index (χ2n) is 6.35. The summed E-state index contributed by atoms with van der Waals surface area (Å²) in [6.45, 7) is 8.10. The van der Waals surface area contributed by atoms with Gasteiger partial charge in [0, 0.05) is 24.8 Å². The topological polar surface area (TPSA) is 41.5 Å². The predicted octanol–water partition coefficient (Wildman–Crippen LogP) is 2.72. The van der Waals surface area contributed by atoms with E-state index in [1.54, 1.807) is 0 Å². The number of ether oxygens (including phenoxy) is 1. The zero-order valence-electron chi connectivity index (χ0n) is 12.4. The second kappa shape index (κ2) is 8.13. The Labute approximate surface area is 112 Å². The van der Waals surface area contributed by atoms with Crippen LogP contribution in [0.25, 0.3) is 0 Å². The highest BCUT2D eigenvalue weighted by molar-refractivity contribution is 4.83. The Morgan fingerprint density at radius 1 is 1.28 bits per heavy atom. The van der Waals surface area contributed by atoms with Crippen molar-refractivity contribution in [2.45, 2.75) is 70.9 Å². The highest BCUT2D eigenvalue weighted by Crippen LogP contribution is 2.23. The maximum absolute atomic E-state index is 9.46. The molecule has 0 heterocycles. The molecule has 18 heavy (non-hydrogen) atoms. The minimum absolute atomic E-state index is 0.165. The monoisotopic (exact) mass is 257 g/mol. The smallest absolute Gasteiger partial charge is 0.0611 e. The largest absolute Gasteiger partial charge is 0.394 e. The molecule has 1 aliphatic carbocycles. The van der Waals surface area contributed by atoms with Gasteiger partial charge in [-0.05, 0) is 32.1 Å². The Hall–Kier alpha value is -0.120. The van der Waals surface area contributed by atoms with Gasteiger partial charge in [-0.2, -0.15) is 0 Å². The summed E-state index contributed by atoms with van der Waals surface area (Å²) in [6.07, 6.45) is 7.68. The zero-order valence-corrected chi connectivity index (χ0v) is 12.4. The third-order valence-electron chi connectivity index (χ3n) is 3.86. The average Bonchev–Trinajstić information content (AvgIpc) is 2.35. The van der Waals surface area contributed by atoms with Gasteiger partial charge in [0.05, 0.1) is 6.61 Å². The molecular formula is C15H31NO2. The van der Waals surface area contributed by atoms with Gasteiger partial charge in [-0.1, -0.05) is 33.1 Å². The van der Waals surface area contributed by atoms with E-state index in [4.69, 9.17) is 4.74 Å². The molecule has 3 heteroatoms. The molecule has 1 unspecified atom stereocenters. The summed E-state index contributed by atoms with van der Waals surface area (Å²) >= 11 is 0. The molecule has 0 saturated heterocycles. The van der Waals surface area contributed by atoms with E-state index in [-0.39, 0.29) is 12.1 Å². The van der Waals surface area contributed by atoms with Crippen molar-refractivity contribution in [3.05, 3.63) is 0 Å². The first-order valence-electron chi connectivity index (χ1n) is 7.52. The molecule has 1 fully saturated rings. The maximum Gasteiger partial charge on any atom is 0.0611 e. The van der Waals surface area contributed by atoms with Gasteiger partial charge < -0.3 is 15.2 Å². The van der Waals surface area contributed by atoms with Crippen LogP contribution in [0.4, 0.5) is 0 Å². The lowest BCUT2D eigenvalue weighted by atomic mass is 9.90. The maximum atomic E-state index is 9.46. The molecule has 3 nitrogen and oxygen atoms in total. The van der Waals surface area contributed by atoms with Crippen molar-refractivity contribution in [2.75, 3.05) is 19.8 Å². The molecular weight excluding hydrogens is 226 g/mol. The fourth-order valence-electron chi connectivity index (χ4n) is 2.80. The Kier molecular flexibility index (Phi) is 7.20.